The Kier molecular flexibility index (Phi) is 3.60. The Hall–Kier alpha value is -2.03. The minimum atomic E-state index is -0.0254. The van der Waals surface area contributed by atoms with E-state index in [0.29, 0.717) is 12.1 Å². The van der Waals surface area contributed by atoms with Gasteiger partial charge in [-0.15, -0.1) is 0 Å². The van der Waals surface area contributed by atoms with Gasteiger partial charge in [0.1, 0.15) is 0 Å². The predicted molar refractivity (Wildman–Crippen MR) is 70.1 cm³/mol. The van der Waals surface area contributed by atoms with Crippen molar-refractivity contribution in [2.75, 3.05) is 6.54 Å². The number of H-pyrrole nitrogens is 1. The Balaban J connectivity index is 2.11. The van der Waals surface area contributed by atoms with E-state index in [1.54, 1.807) is 0 Å². The first-order valence-corrected chi connectivity index (χ1v) is 5.78. The molecule has 17 heavy (non-hydrogen) atoms. The maximum Gasteiger partial charge on any atom is 0.253 e. The molecule has 0 aliphatic heterocycles. The maximum absolute atomic E-state index is 12.0. The molecular weight excluding hydrogens is 212 g/mol. The molecule has 0 saturated carbocycles. The summed E-state index contributed by atoms with van der Waals surface area (Å²) in [6, 6.07) is 7.69. The van der Waals surface area contributed by atoms with Crippen LogP contribution in [0.2, 0.25) is 0 Å². The van der Waals surface area contributed by atoms with Gasteiger partial charge >= 0.3 is 0 Å². The van der Waals surface area contributed by atoms with Gasteiger partial charge in [0.2, 0.25) is 0 Å². The molecule has 0 saturated heterocycles. The highest BCUT2D eigenvalue weighted by Gasteiger charge is 2.09. The van der Waals surface area contributed by atoms with Gasteiger partial charge in [-0.2, -0.15) is 0 Å². The minimum absolute atomic E-state index is 0.0254. The summed E-state index contributed by atoms with van der Waals surface area (Å²) in [4.78, 5) is 15.1. The van der Waals surface area contributed by atoms with Crippen LogP contribution in [0.1, 0.15) is 23.7 Å². The molecule has 0 atom stereocenters. The Bertz CT molecular complexity index is 540. The number of fused-ring (bicyclic) bond motifs is 1. The molecule has 2 rings (SSSR count). The second-order valence-electron chi connectivity index (χ2n) is 3.86. The zero-order chi connectivity index (χ0) is 12.1. The first-order chi connectivity index (χ1) is 8.33. The molecule has 0 radical (unpaired) electrons. The van der Waals surface area contributed by atoms with Crippen molar-refractivity contribution in [3.8, 4) is 0 Å². The molecule has 0 fully saturated rings. The Labute approximate surface area is 101 Å². The maximum atomic E-state index is 12.0. The lowest BCUT2D eigenvalue weighted by Crippen LogP contribution is -2.24. The van der Waals surface area contributed by atoms with Gasteiger partial charge < -0.3 is 10.3 Å². The standard InChI is InChI=1S/C14H16N2O/c1-2-3-4-9-16-14(17)12-7-5-6-11-8-10-15-13(11)12/h2-3,5-8,10,15H,4,9H2,1H3,(H,16,17)/b3-2+. The predicted octanol–water partition coefficient (Wildman–Crippen LogP) is 2.86. The molecule has 1 aromatic heterocycles. The molecule has 2 aromatic rings. The third-order valence-corrected chi connectivity index (χ3v) is 2.66. The molecule has 0 bridgehead atoms. The van der Waals surface area contributed by atoms with Crippen LogP contribution < -0.4 is 5.32 Å². The van der Waals surface area contributed by atoms with Crippen molar-refractivity contribution in [1.29, 1.82) is 0 Å². The third kappa shape index (κ3) is 2.56. The van der Waals surface area contributed by atoms with Gasteiger partial charge in [-0.3, -0.25) is 4.79 Å². The SMILES string of the molecule is C/C=C/CCNC(=O)c1cccc2cc[nH]c12. The normalized spacial score (nSPS) is 11.1. The molecule has 1 amide bonds. The van der Waals surface area contributed by atoms with E-state index in [2.05, 4.69) is 10.3 Å². The number of nitrogens with one attached hydrogen (secondary N) is 2. The lowest BCUT2D eigenvalue weighted by molar-refractivity contribution is 0.0956. The summed E-state index contributed by atoms with van der Waals surface area (Å²) in [7, 11) is 0. The molecule has 1 heterocycles. The van der Waals surface area contributed by atoms with Crippen LogP contribution in [-0.2, 0) is 0 Å². The largest absolute Gasteiger partial charge is 0.361 e. The van der Waals surface area contributed by atoms with Gasteiger partial charge in [0.05, 0.1) is 11.1 Å². The lowest BCUT2D eigenvalue weighted by Gasteiger charge is -2.04. The van der Waals surface area contributed by atoms with Gasteiger partial charge in [-0.1, -0.05) is 24.3 Å². The Morgan fingerprint density at radius 2 is 2.29 bits per heavy atom. The quantitative estimate of drug-likeness (QED) is 0.613. The van der Waals surface area contributed by atoms with Crippen molar-refractivity contribution < 1.29 is 4.79 Å². The monoisotopic (exact) mass is 228 g/mol. The van der Waals surface area contributed by atoms with E-state index in [9.17, 15) is 4.79 Å². The molecule has 0 aliphatic rings. The van der Waals surface area contributed by atoms with E-state index in [-0.39, 0.29) is 5.91 Å². The number of aromatic amines is 1. The van der Waals surface area contributed by atoms with Crippen LogP contribution in [0.15, 0.2) is 42.6 Å². The van der Waals surface area contributed by atoms with Crippen LogP contribution in [0, 0.1) is 0 Å². The van der Waals surface area contributed by atoms with E-state index < -0.39 is 0 Å². The molecule has 1 aromatic carbocycles. The second kappa shape index (κ2) is 5.34. The number of hydrogen-bond donors (Lipinski definition) is 2. The number of carbonyl (C=O) groups is 1. The number of amides is 1. The van der Waals surface area contributed by atoms with E-state index in [1.165, 1.54) is 0 Å². The summed E-state index contributed by atoms with van der Waals surface area (Å²) in [5.74, 6) is -0.0254. The van der Waals surface area contributed by atoms with Crippen LogP contribution in [-0.4, -0.2) is 17.4 Å². The van der Waals surface area contributed by atoms with Crippen molar-refractivity contribution >= 4 is 16.8 Å². The number of para-hydroxylation sites is 1. The van der Waals surface area contributed by atoms with Gasteiger partial charge in [0.25, 0.3) is 5.91 Å². The smallest absolute Gasteiger partial charge is 0.253 e. The van der Waals surface area contributed by atoms with E-state index >= 15 is 0 Å². The summed E-state index contributed by atoms with van der Waals surface area (Å²) < 4.78 is 0. The van der Waals surface area contributed by atoms with Crippen LogP contribution in [0.5, 0.6) is 0 Å². The van der Waals surface area contributed by atoms with E-state index in [4.69, 9.17) is 0 Å². The van der Waals surface area contributed by atoms with Gasteiger partial charge in [-0.25, -0.2) is 0 Å². The van der Waals surface area contributed by atoms with Crippen molar-refractivity contribution in [3.05, 3.63) is 48.2 Å². The highest BCUT2D eigenvalue weighted by atomic mass is 16.1. The molecule has 88 valence electrons. The van der Waals surface area contributed by atoms with Crippen LogP contribution in [0.25, 0.3) is 10.9 Å². The summed E-state index contributed by atoms with van der Waals surface area (Å²) >= 11 is 0. The van der Waals surface area contributed by atoms with Gasteiger partial charge in [0, 0.05) is 18.1 Å². The van der Waals surface area contributed by atoms with Crippen LogP contribution in [0.4, 0.5) is 0 Å². The number of rotatable bonds is 4. The average molecular weight is 228 g/mol. The minimum Gasteiger partial charge on any atom is -0.361 e. The summed E-state index contributed by atoms with van der Waals surface area (Å²) in [5.41, 5.74) is 1.60. The highest BCUT2D eigenvalue weighted by Crippen LogP contribution is 2.16. The summed E-state index contributed by atoms with van der Waals surface area (Å²) in [6.45, 7) is 2.64. The fourth-order valence-electron chi connectivity index (χ4n) is 1.81. The average Bonchev–Trinajstić information content (AvgIpc) is 2.82. The molecule has 0 aliphatic carbocycles. The van der Waals surface area contributed by atoms with Crippen molar-refractivity contribution in [2.45, 2.75) is 13.3 Å². The van der Waals surface area contributed by atoms with Crippen molar-refractivity contribution in [3.63, 3.8) is 0 Å². The van der Waals surface area contributed by atoms with Crippen LogP contribution in [0.3, 0.4) is 0 Å². The second-order valence-corrected chi connectivity index (χ2v) is 3.86. The van der Waals surface area contributed by atoms with Gasteiger partial charge in [-0.05, 0) is 25.5 Å². The molecular formula is C14H16N2O. The number of allylic oxidation sites excluding steroid dienone is 1. The number of benzene rings is 1. The molecule has 0 unspecified atom stereocenters. The number of aromatic nitrogens is 1. The summed E-state index contributed by atoms with van der Waals surface area (Å²) in [6.07, 6.45) is 6.73. The topological polar surface area (TPSA) is 44.9 Å². The fourth-order valence-corrected chi connectivity index (χ4v) is 1.81. The van der Waals surface area contributed by atoms with Crippen LogP contribution >= 0.6 is 0 Å². The highest BCUT2D eigenvalue weighted by molar-refractivity contribution is 6.05. The molecule has 3 heteroatoms. The van der Waals surface area contributed by atoms with Gasteiger partial charge in [0.15, 0.2) is 0 Å². The zero-order valence-corrected chi connectivity index (χ0v) is 9.86. The Morgan fingerprint density at radius 3 is 3.12 bits per heavy atom. The van der Waals surface area contributed by atoms with Crippen molar-refractivity contribution in [1.82, 2.24) is 10.3 Å². The zero-order valence-electron chi connectivity index (χ0n) is 9.86. The number of carbonyl (C=O) groups excluding carboxylic acids is 1. The molecule has 0 spiro atoms. The molecule has 3 nitrogen and oxygen atoms in total. The summed E-state index contributed by atoms with van der Waals surface area (Å²) in [5, 5.41) is 3.97. The fraction of sp³-hybridized carbons (Fsp3) is 0.214. The third-order valence-electron chi connectivity index (χ3n) is 2.66. The van der Waals surface area contributed by atoms with Crippen molar-refractivity contribution in [2.24, 2.45) is 0 Å². The number of hydrogen-bond acceptors (Lipinski definition) is 1. The lowest BCUT2D eigenvalue weighted by atomic mass is 10.1. The Morgan fingerprint density at radius 1 is 1.41 bits per heavy atom. The first-order valence-electron chi connectivity index (χ1n) is 5.78. The first kappa shape index (κ1) is 11.5. The molecule has 2 N–H and O–H groups in total. The van der Waals surface area contributed by atoms with E-state index in [1.807, 2.05) is 49.5 Å². The van der Waals surface area contributed by atoms with E-state index in [0.717, 1.165) is 17.3 Å².